The predicted octanol–water partition coefficient (Wildman–Crippen LogP) is 4.17. The Bertz CT molecular complexity index is 235. The molecule has 0 atom stereocenters. The van der Waals surface area contributed by atoms with E-state index in [1.165, 1.54) is 11.1 Å². The van der Waals surface area contributed by atoms with Gasteiger partial charge in [-0.1, -0.05) is 5.57 Å². The third-order valence-electron chi connectivity index (χ3n) is 2.48. The molecule has 0 amide bonds. The maximum Gasteiger partial charge on any atom is 0.0896 e. The summed E-state index contributed by atoms with van der Waals surface area (Å²) in [7, 11) is 0. The second-order valence-electron chi connectivity index (χ2n) is 6.69. The van der Waals surface area contributed by atoms with Gasteiger partial charge < -0.3 is 0 Å². The summed E-state index contributed by atoms with van der Waals surface area (Å²) in [6.07, 6.45) is 0. The molecular formula is C14H29NO. The smallest absolute Gasteiger partial charge is 0.0896 e. The van der Waals surface area contributed by atoms with Crippen LogP contribution in [0.25, 0.3) is 0 Å². The van der Waals surface area contributed by atoms with Crippen molar-refractivity contribution in [3.05, 3.63) is 11.1 Å². The third-order valence-corrected chi connectivity index (χ3v) is 2.48. The van der Waals surface area contributed by atoms with Gasteiger partial charge in [0.15, 0.2) is 0 Å². The van der Waals surface area contributed by atoms with Crippen molar-refractivity contribution in [2.24, 2.45) is 0 Å². The molecule has 96 valence electrons. The van der Waals surface area contributed by atoms with Crippen LogP contribution in [-0.4, -0.2) is 22.7 Å². The molecule has 0 saturated heterocycles. The topological polar surface area (TPSA) is 12.5 Å². The van der Waals surface area contributed by atoms with Crippen molar-refractivity contribution in [2.75, 3.05) is 6.61 Å². The lowest BCUT2D eigenvalue weighted by Gasteiger charge is -2.43. The number of allylic oxidation sites excluding steroid dienone is 1. The van der Waals surface area contributed by atoms with E-state index < -0.39 is 0 Å². The van der Waals surface area contributed by atoms with Crippen LogP contribution in [0.3, 0.4) is 0 Å². The molecule has 0 aliphatic rings. The van der Waals surface area contributed by atoms with E-state index in [1.54, 1.807) is 0 Å². The van der Waals surface area contributed by atoms with Crippen molar-refractivity contribution in [1.82, 2.24) is 5.06 Å². The zero-order valence-electron chi connectivity index (χ0n) is 12.6. The van der Waals surface area contributed by atoms with Gasteiger partial charge >= 0.3 is 0 Å². The molecule has 0 aliphatic carbocycles. The molecule has 16 heavy (non-hydrogen) atoms. The molecular weight excluding hydrogens is 198 g/mol. The van der Waals surface area contributed by atoms with Crippen molar-refractivity contribution in [2.45, 2.75) is 73.4 Å². The summed E-state index contributed by atoms with van der Waals surface area (Å²) < 4.78 is 0. The number of hydroxylamine groups is 2. The first-order valence-electron chi connectivity index (χ1n) is 6.02. The average Bonchev–Trinajstić information content (AvgIpc) is 1.98. The summed E-state index contributed by atoms with van der Waals surface area (Å²) in [6, 6.07) is 0. The first kappa shape index (κ1) is 15.7. The van der Waals surface area contributed by atoms with Gasteiger partial charge in [-0.25, -0.2) is 0 Å². The van der Waals surface area contributed by atoms with Gasteiger partial charge in [0.2, 0.25) is 0 Å². The van der Waals surface area contributed by atoms with E-state index in [-0.39, 0.29) is 11.1 Å². The highest BCUT2D eigenvalue weighted by atomic mass is 16.7. The van der Waals surface area contributed by atoms with Crippen molar-refractivity contribution >= 4 is 0 Å². The Hall–Kier alpha value is -0.340. The molecule has 0 aromatic heterocycles. The van der Waals surface area contributed by atoms with Gasteiger partial charge in [-0.05, 0) is 67.9 Å². The lowest BCUT2D eigenvalue weighted by molar-refractivity contribution is -0.251. The van der Waals surface area contributed by atoms with Crippen molar-refractivity contribution in [3.63, 3.8) is 0 Å². The van der Waals surface area contributed by atoms with E-state index in [1.807, 2.05) is 0 Å². The zero-order chi connectivity index (χ0) is 13.1. The van der Waals surface area contributed by atoms with Crippen LogP contribution in [0.1, 0.15) is 62.3 Å². The lowest BCUT2D eigenvalue weighted by atomic mass is 10.00. The minimum Gasteiger partial charge on any atom is -0.294 e. The fraction of sp³-hybridized carbons (Fsp3) is 0.857. The van der Waals surface area contributed by atoms with Gasteiger partial charge in [0.25, 0.3) is 0 Å². The van der Waals surface area contributed by atoms with Gasteiger partial charge in [0, 0.05) is 11.1 Å². The lowest BCUT2D eigenvalue weighted by Crippen LogP contribution is -2.52. The van der Waals surface area contributed by atoms with Gasteiger partial charge in [-0.3, -0.25) is 4.84 Å². The molecule has 0 N–H and O–H groups in total. The third kappa shape index (κ3) is 5.13. The maximum atomic E-state index is 5.97. The molecule has 2 nitrogen and oxygen atoms in total. The Kier molecular flexibility index (Phi) is 5.21. The minimum atomic E-state index is 0.0141. The van der Waals surface area contributed by atoms with Gasteiger partial charge in [0.05, 0.1) is 6.61 Å². The molecule has 2 heteroatoms. The van der Waals surface area contributed by atoms with Crippen LogP contribution < -0.4 is 0 Å². The van der Waals surface area contributed by atoms with Crippen LogP contribution in [0, 0.1) is 0 Å². The molecule has 0 saturated carbocycles. The summed E-state index contributed by atoms with van der Waals surface area (Å²) in [5, 5.41) is 2.09. The quantitative estimate of drug-likeness (QED) is 0.530. The summed E-state index contributed by atoms with van der Waals surface area (Å²) in [4.78, 5) is 5.97. The molecule has 0 aliphatic heterocycles. The normalized spacial score (nSPS) is 13.1. The second-order valence-corrected chi connectivity index (χ2v) is 6.69. The SMILES string of the molecule is CC(C)=C(C)CON(C(C)(C)C)C(C)(C)C. The van der Waals surface area contributed by atoms with Crippen molar-refractivity contribution in [3.8, 4) is 0 Å². The van der Waals surface area contributed by atoms with E-state index in [4.69, 9.17) is 4.84 Å². The summed E-state index contributed by atoms with van der Waals surface area (Å²) in [5.41, 5.74) is 2.67. The number of hydrogen-bond acceptors (Lipinski definition) is 2. The fourth-order valence-corrected chi connectivity index (χ4v) is 1.70. The summed E-state index contributed by atoms with van der Waals surface area (Å²) in [5.74, 6) is 0. The monoisotopic (exact) mass is 227 g/mol. The molecule has 0 aromatic rings. The van der Waals surface area contributed by atoms with Crippen LogP contribution in [0.4, 0.5) is 0 Å². The Balaban J connectivity index is 4.68. The maximum absolute atomic E-state index is 5.97. The molecule has 0 fully saturated rings. The summed E-state index contributed by atoms with van der Waals surface area (Å²) in [6.45, 7) is 20.1. The number of hydrogen-bond donors (Lipinski definition) is 0. The molecule has 0 heterocycles. The van der Waals surface area contributed by atoms with Gasteiger partial charge in [-0.15, -0.1) is 0 Å². The fourth-order valence-electron chi connectivity index (χ4n) is 1.70. The molecule has 0 rings (SSSR count). The zero-order valence-corrected chi connectivity index (χ0v) is 12.6. The van der Waals surface area contributed by atoms with E-state index in [2.05, 4.69) is 67.4 Å². The molecule has 0 bridgehead atoms. The highest BCUT2D eigenvalue weighted by Gasteiger charge is 2.32. The Labute approximate surface area is 102 Å². The van der Waals surface area contributed by atoms with Gasteiger partial charge in [0.1, 0.15) is 0 Å². The van der Waals surface area contributed by atoms with E-state index in [0.29, 0.717) is 6.61 Å². The van der Waals surface area contributed by atoms with Crippen LogP contribution >= 0.6 is 0 Å². The van der Waals surface area contributed by atoms with Crippen LogP contribution in [0.5, 0.6) is 0 Å². The molecule has 0 unspecified atom stereocenters. The first-order valence-corrected chi connectivity index (χ1v) is 6.02. The first-order chi connectivity index (χ1) is 6.96. The van der Waals surface area contributed by atoms with E-state index in [0.717, 1.165) is 0 Å². The Morgan fingerprint density at radius 3 is 1.50 bits per heavy atom. The largest absolute Gasteiger partial charge is 0.294 e. The molecule has 0 radical (unpaired) electrons. The highest BCUT2D eigenvalue weighted by Crippen LogP contribution is 2.25. The van der Waals surface area contributed by atoms with E-state index >= 15 is 0 Å². The standard InChI is InChI=1S/C14H29NO/c1-11(2)12(3)10-16-15(13(4,5)6)14(7,8)9/h10H2,1-9H3. The predicted molar refractivity (Wildman–Crippen MR) is 71.3 cm³/mol. The molecule has 0 spiro atoms. The minimum absolute atomic E-state index is 0.0141. The Morgan fingerprint density at radius 1 is 0.875 bits per heavy atom. The summed E-state index contributed by atoms with van der Waals surface area (Å²) >= 11 is 0. The molecule has 0 aromatic carbocycles. The highest BCUT2D eigenvalue weighted by molar-refractivity contribution is 5.06. The van der Waals surface area contributed by atoms with Crippen LogP contribution in [-0.2, 0) is 4.84 Å². The second kappa shape index (κ2) is 5.33. The van der Waals surface area contributed by atoms with Crippen LogP contribution in [0.15, 0.2) is 11.1 Å². The van der Waals surface area contributed by atoms with Crippen molar-refractivity contribution in [1.29, 1.82) is 0 Å². The van der Waals surface area contributed by atoms with E-state index in [9.17, 15) is 0 Å². The van der Waals surface area contributed by atoms with Gasteiger partial charge in [-0.2, -0.15) is 5.06 Å². The van der Waals surface area contributed by atoms with Crippen LogP contribution in [0.2, 0.25) is 0 Å². The average molecular weight is 227 g/mol. The number of nitrogens with zero attached hydrogens (tertiary/aromatic N) is 1. The van der Waals surface area contributed by atoms with Crippen molar-refractivity contribution < 1.29 is 4.84 Å². The Morgan fingerprint density at radius 2 is 1.25 bits per heavy atom. The number of rotatable bonds is 3.